The van der Waals surface area contributed by atoms with Gasteiger partial charge < -0.3 is 15.4 Å². The van der Waals surface area contributed by atoms with Crippen molar-refractivity contribution in [1.82, 2.24) is 10.6 Å². The lowest BCUT2D eigenvalue weighted by Gasteiger charge is -2.30. The average Bonchev–Trinajstić information content (AvgIpc) is 3.15. The first-order chi connectivity index (χ1) is 11.5. The van der Waals surface area contributed by atoms with E-state index >= 15 is 0 Å². The van der Waals surface area contributed by atoms with Gasteiger partial charge in [-0.15, -0.1) is 0 Å². The Labute approximate surface area is 146 Å². The smallest absolute Gasteiger partial charge is 0.191 e. The van der Waals surface area contributed by atoms with Gasteiger partial charge in [0.25, 0.3) is 0 Å². The number of sulfone groups is 1. The summed E-state index contributed by atoms with van der Waals surface area (Å²) in [7, 11) is -1.05. The minimum Gasteiger partial charge on any atom is -0.382 e. The molecule has 0 bridgehead atoms. The van der Waals surface area contributed by atoms with E-state index in [1.165, 1.54) is 25.7 Å². The summed E-state index contributed by atoms with van der Waals surface area (Å²) >= 11 is 0. The number of aliphatic imine (C=N–C) groups is 1. The molecule has 0 aromatic heterocycles. The third kappa shape index (κ3) is 5.92. The highest BCUT2D eigenvalue weighted by Crippen LogP contribution is 2.40. The highest BCUT2D eigenvalue weighted by atomic mass is 32.2. The van der Waals surface area contributed by atoms with Crippen molar-refractivity contribution in [2.45, 2.75) is 45.4 Å². The monoisotopic (exact) mass is 359 g/mol. The predicted octanol–water partition coefficient (Wildman–Crippen LogP) is 1.57. The van der Waals surface area contributed by atoms with Gasteiger partial charge in [-0.2, -0.15) is 0 Å². The summed E-state index contributed by atoms with van der Waals surface area (Å²) in [4.78, 5) is 4.29. The van der Waals surface area contributed by atoms with Crippen molar-refractivity contribution in [2.75, 3.05) is 44.9 Å². The van der Waals surface area contributed by atoms with E-state index in [-0.39, 0.29) is 5.92 Å². The van der Waals surface area contributed by atoms with Gasteiger partial charge in [0.1, 0.15) is 0 Å². The van der Waals surface area contributed by atoms with Gasteiger partial charge in [0.05, 0.1) is 11.5 Å². The van der Waals surface area contributed by atoms with Gasteiger partial charge in [0.2, 0.25) is 0 Å². The molecular weight excluding hydrogens is 326 g/mol. The van der Waals surface area contributed by atoms with E-state index in [4.69, 9.17) is 4.74 Å². The zero-order valence-electron chi connectivity index (χ0n) is 15.1. The lowest BCUT2D eigenvalue weighted by molar-refractivity contribution is 0.105. The van der Waals surface area contributed by atoms with E-state index in [0.29, 0.717) is 23.5 Å². The highest BCUT2D eigenvalue weighted by Gasteiger charge is 2.33. The third-order valence-corrected chi connectivity index (χ3v) is 7.22. The van der Waals surface area contributed by atoms with E-state index in [1.54, 1.807) is 7.05 Å². The molecule has 0 aromatic rings. The minimum absolute atomic E-state index is 0.201. The zero-order chi connectivity index (χ0) is 17.5. The number of hydrogen-bond donors (Lipinski definition) is 2. The predicted molar refractivity (Wildman–Crippen MR) is 98.1 cm³/mol. The fraction of sp³-hybridized carbons (Fsp3) is 0.941. The van der Waals surface area contributed by atoms with Gasteiger partial charge in [-0.05, 0) is 43.9 Å². The van der Waals surface area contributed by atoms with Gasteiger partial charge in [0.15, 0.2) is 15.8 Å². The molecule has 1 saturated carbocycles. The Morgan fingerprint density at radius 2 is 2.04 bits per heavy atom. The van der Waals surface area contributed by atoms with Crippen LogP contribution in [0.25, 0.3) is 0 Å². The zero-order valence-corrected chi connectivity index (χ0v) is 16.0. The van der Waals surface area contributed by atoms with E-state index in [0.717, 1.165) is 38.6 Å². The quantitative estimate of drug-likeness (QED) is 0.391. The molecule has 2 fully saturated rings. The Morgan fingerprint density at radius 3 is 2.62 bits per heavy atom. The minimum atomic E-state index is -2.81. The van der Waals surface area contributed by atoms with Crippen molar-refractivity contribution in [3.63, 3.8) is 0 Å². The van der Waals surface area contributed by atoms with Crippen molar-refractivity contribution in [2.24, 2.45) is 16.3 Å². The molecule has 0 radical (unpaired) electrons. The molecule has 24 heavy (non-hydrogen) atoms. The third-order valence-electron chi connectivity index (χ3n) is 5.38. The Balaban J connectivity index is 1.77. The van der Waals surface area contributed by atoms with Crippen LogP contribution in [-0.4, -0.2) is 59.2 Å². The van der Waals surface area contributed by atoms with Crippen LogP contribution < -0.4 is 10.6 Å². The Bertz CT molecular complexity index is 513. The number of ether oxygens (including phenoxy) is 1. The molecule has 0 aromatic carbocycles. The molecule has 2 rings (SSSR count). The SMILES string of the molecule is CCOCCC1(CNC(=NC)NCC2CCS(=O)(=O)C2)CCCC1. The summed E-state index contributed by atoms with van der Waals surface area (Å²) < 4.78 is 28.6. The van der Waals surface area contributed by atoms with Crippen LogP contribution in [0.3, 0.4) is 0 Å². The molecule has 1 aliphatic carbocycles. The largest absolute Gasteiger partial charge is 0.382 e. The number of nitrogens with zero attached hydrogens (tertiary/aromatic N) is 1. The summed E-state index contributed by atoms with van der Waals surface area (Å²) in [5.41, 5.74) is 0.309. The second-order valence-electron chi connectivity index (χ2n) is 7.23. The lowest BCUT2D eigenvalue weighted by Crippen LogP contribution is -2.44. The summed E-state index contributed by atoms with van der Waals surface area (Å²) in [5, 5.41) is 6.76. The normalized spacial score (nSPS) is 25.8. The van der Waals surface area contributed by atoms with Crippen molar-refractivity contribution in [3.05, 3.63) is 0 Å². The van der Waals surface area contributed by atoms with E-state index in [1.807, 2.05) is 6.92 Å². The number of guanidine groups is 1. The molecule has 1 aliphatic heterocycles. The maximum Gasteiger partial charge on any atom is 0.191 e. The topological polar surface area (TPSA) is 79.8 Å². The van der Waals surface area contributed by atoms with Crippen molar-refractivity contribution in [3.8, 4) is 0 Å². The molecular formula is C17H33N3O3S. The molecule has 0 amide bonds. The molecule has 6 nitrogen and oxygen atoms in total. The van der Waals surface area contributed by atoms with E-state index in [9.17, 15) is 8.42 Å². The Morgan fingerprint density at radius 1 is 1.29 bits per heavy atom. The summed E-state index contributed by atoms with van der Waals surface area (Å²) in [5.74, 6) is 1.61. The maximum absolute atomic E-state index is 11.5. The van der Waals surface area contributed by atoms with Gasteiger partial charge >= 0.3 is 0 Å². The molecule has 1 atom stereocenters. The van der Waals surface area contributed by atoms with E-state index < -0.39 is 9.84 Å². The van der Waals surface area contributed by atoms with Crippen LogP contribution in [0.5, 0.6) is 0 Å². The number of rotatable bonds is 8. The van der Waals surface area contributed by atoms with E-state index in [2.05, 4.69) is 15.6 Å². The van der Waals surface area contributed by atoms with Crippen LogP contribution in [0.2, 0.25) is 0 Å². The van der Waals surface area contributed by atoms with Crippen LogP contribution in [0, 0.1) is 11.3 Å². The van der Waals surface area contributed by atoms with Crippen LogP contribution >= 0.6 is 0 Å². The second-order valence-corrected chi connectivity index (χ2v) is 9.46. The highest BCUT2D eigenvalue weighted by molar-refractivity contribution is 7.91. The average molecular weight is 360 g/mol. The van der Waals surface area contributed by atoms with Gasteiger partial charge in [-0.3, -0.25) is 4.99 Å². The summed E-state index contributed by atoms with van der Waals surface area (Å²) in [6, 6.07) is 0. The fourth-order valence-corrected chi connectivity index (χ4v) is 5.70. The molecule has 1 heterocycles. The van der Waals surface area contributed by atoms with Crippen LogP contribution in [-0.2, 0) is 14.6 Å². The molecule has 7 heteroatoms. The molecule has 1 unspecified atom stereocenters. The van der Waals surface area contributed by atoms with Gasteiger partial charge in [-0.25, -0.2) is 8.42 Å². The van der Waals surface area contributed by atoms with Crippen LogP contribution in [0.4, 0.5) is 0 Å². The first-order valence-corrected chi connectivity index (χ1v) is 11.0. The van der Waals surface area contributed by atoms with Crippen molar-refractivity contribution >= 4 is 15.8 Å². The molecule has 2 aliphatic rings. The van der Waals surface area contributed by atoms with Crippen LogP contribution in [0.1, 0.15) is 45.4 Å². The molecule has 140 valence electrons. The summed E-state index contributed by atoms with van der Waals surface area (Å²) in [6.45, 7) is 5.21. The Kier molecular flexibility index (Phi) is 7.34. The Hall–Kier alpha value is -0.820. The fourth-order valence-electron chi connectivity index (χ4n) is 3.84. The second kappa shape index (κ2) is 9.04. The van der Waals surface area contributed by atoms with Crippen molar-refractivity contribution in [1.29, 1.82) is 0 Å². The first kappa shape index (κ1) is 19.5. The molecule has 0 spiro atoms. The lowest BCUT2D eigenvalue weighted by atomic mass is 9.83. The maximum atomic E-state index is 11.5. The van der Waals surface area contributed by atoms with Crippen LogP contribution in [0.15, 0.2) is 4.99 Å². The number of nitrogens with one attached hydrogen (secondary N) is 2. The van der Waals surface area contributed by atoms with Gasteiger partial charge in [-0.1, -0.05) is 12.8 Å². The first-order valence-electron chi connectivity index (χ1n) is 9.21. The molecule has 1 saturated heterocycles. The number of hydrogen-bond acceptors (Lipinski definition) is 4. The molecule has 2 N–H and O–H groups in total. The van der Waals surface area contributed by atoms with Crippen molar-refractivity contribution < 1.29 is 13.2 Å². The van der Waals surface area contributed by atoms with Gasteiger partial charge in [0, 0.05) is 33.4 Å². The summed E-state index contributed by atoms with van der Waals surface area (Å²) in [6.07, 6.45) is 6.91. The standard InChI is InChI=1S/C17H33N3O3S/c1-3-23-10-9-17(7-4-5-8-17)14-20-16(18-2)19-12-15-6-11-24(21,22)13-15/h15H,3-14H2,1-2H3,(H2,18,19,20).